The molecule has 1 aromatic rings. The van der Waals surface area contributed by atoms with Crippen LogP contribution in [0.1, 0.15) is 25.8 Å². The van der Waals surface area contributed by atoms with Gasteiger partial charge < -0.3 is 4.74 Å². The lowest BCUT2D eigenvalue weighted by atomic mass is 10.2. The monoisotopic (exact) mass is 212 g/mol. The molecule has 0 aliphatic rings. The van der Waals surface area contributed by atoms with Gasteiger partial charge in [0, 0.05) is 12.0 Å². The SMILES string of the molecule is CCC#CCOC(C)C#Cc1ccccc1. The van der Waals surface area contributed by atoms with Gasteiger partial charge in [-0.2, -0.15) is 0 Å². The van der Waals surface area contributed by atoms with Crippen LogP contribution < -0.4 is 0 Å². The molecule has 0 aliphatic heterocycles. The van der Waals surface area contributed by atoms with Crippen molar-refractivity contribution in [3.8, 4) is 23.7 Å². The van der Waals surface area contributed by atoms with Crippen LogP contribution in [0.25, 0.3) is 0 Å². The number of rotatable bonds is 2. The third kappa shape index (κ3) is 5.25. The zero-order valence-electron chi connectivity index (χ0n) is 9.79. The molecule has 0 bridgehead atoms. The fraction of sp³-hybridized carbons (Fsp3) is 0.333. The van der Waals surface area contributed by atoms with Gasteiger partial charge in [-0.3, -0.25) is 0 Å². The highest BCUT2D eigenvalue weighted by Gasteiger charge is 1.93. The standard InChI is InChI=1S/C15H16O/c1-3-4-8-13-16-14(2)11-12-15-9-6-5-7-10-15/h5-7,9-10,14H,3,13H2,1-2H3. The molecular weight excluding hydrogens is 196 g/mol. The molecule has 0 N–H and O–H groups in total. The molecule has 16 heavy (non-hydrogen) atoms. The predicted molar refractivity (Wildman–Crippen MR) is 66.8 cm³/mol. The maximum Gasteiger partial charge on any atom is 0.117 e. The van der Waals surface area contributed by atoms with E-state index >= 15 is 0 Å². The van der Waals surface area contributed by atoms with Crippen LogP contribution in [0.15, 0.2) is 30.3 Å². The third-order valence-corrected chi connectivity index (χ3v) is 1.90. The Labute approximate surface area is 97.8 Å². The number of benzene rings is 1. The van der Waals surface area contributed by atoms with Crippen molar-refractivity contribution in [2.75, 3.05) is 6.61 Å². The van der Waals surface area contributed by atoms with Crippen LogP contribution in [-0.2, 0) is 4.74 Å². The summed E-state index contributed by atoms with van der Waals surface area (Å²) in [6.07, 6.45) is 0.791. The van der Waals surface area contributed by atoms with E-state index in [1.165, 1.54) is 0 Å². The van der Waals surface area contributed by atoms with Crippen LogP contribution in [0.3, 0.4) is 0 Å². The van der Waals surface area contributed by atoms with Gasteiger partial charge in [-0.1, -0.05) is 42.9 Å². The summed E-state index contributed by atoms with van der Waals surface area (Å²) in [5.74, 6) is 12.0. The first-order valence-electron chi connectivity index (χ1n) is 5.47. The van der Waals surface area contributed by atoms with Crippen LogP contribution in [0.5, 0.6) is 0 Å². The van der Waals surface area contributed by atoms with E-state index in [9.17, 15) is 0 Å². The minimum Gasteiger partial charge on any atom is -0.353 e. The highest BCUT2D eigenvalue weighted by Crippen LogP contribution is 1.96. The highest BCUT2D eigenvalue weighted by molar-refractivity contribution is 5.34. The third-order valence-electron chi connectivity index (χ3n) is 1.90. The molecular formula is C15H16O. The molecule has 0 fully saturated rings. The van der Waals surface area contributed by atoms with Gasteiger partial charge in [0.15, 0.2) is 0 Å². The highest BCUT2D eigenvalue weighted by atomic mass is 16.5. The molecule has 1 aromatic carbocycles. The van der Waals surface area contributed by atoms with E-state index in [0.717, 1.165) is 12.0 Å². The van der Waals surface area contributed by atoms with E-state index in [4.69, 9.17) is 4.74 Å². The summed E-state index contributed by atoms with van der Waals surface area (Å²) in [5, 5.41) is 0. The van der Waals surface area contributed by atoms with Gasteiger partial charge in [0.25, 0.3) is 0 Å². The van der Waals surface area contributed by atoms with Crippen molar-refractivity contribution in [1.29, 1.82) is 0 Å². The normalized spacial score (nSPS) is 10.6. The second-order valence-corrected chi connectivity index (χ2v) is 3.30. The van der Waals surface area contributed by atoms with Crippen LogP contribution in [0.4, 0.5) is 0 Å². The molecule has 0 radical (unpaired) electrons. The first-order chi connectivity index (χ1) is 7.83. The summed E-state index contributed by atoms with van der Waals surface area (Å²) in [4.78, 5) is 0. The Kier molecular flexibility index (Phi) is 5.86. The van der Waals surface area contributed by atoms with Gasteiger partial charge in [-0.05, 0) is 19.1 Å². The van der Waals surface area contributed by atoms with Crippen molar-refractivity contribution >= 4 is 0 Å². The van der Waals surface area contributed by atoms with E-state index in [-0.39, 0.29) is 6.10 Å². The Hall–Kier alpha value is -1.70. The van der Waals surface area contributed by atoms with E-state index in [0.29, 0.717) is 6.61 Å². The largest absolute Gasteiger partial charge is 0.353 e. The molecule has 1 rings (SSSR count). The molecule has 82 valence electrons. The van der Waals surface area contributed by atoms with Crippen molar-refractivity contribution in [3.63, 3.8) is 0 Å². The van der Waals surface area contributed by atoms with Gasteiger partial charge in [0.05, 0.1) is 0 Å². The molecule has 0 aliphatic carbocycles. The van der Waals surface area contributed by atoms with Gasteiger partial charge in [-0.25, -0.2) is 0 Å². The Morgan fingerprint density at radius 3 is 2.62 bits per heavy atom. The van der Waals surface area contributed by atoms with Crippen LogP contribution in [0.2, 0.25) is 0 Å². The molecule has 1 atom stereocenters. The molecule has 1 heteroatoms. The molecule has 0 saturated heterocycles. The van der Waals surface area contributed by atoms with E-state index in [2.05, 4.69) is 23.7 Å². The Morgan fingerprint density at radius 2 is 1.94 bits per heavy atom. The van der Waals surface area contributed by atoms with Gasteiger partial charge in [-0.15, -0.1) is 5.92 Å². The first kappa shape index (κ1) is 12.4. The summed E-state index contributed by atoms with van der Waals surface area (Å²) >= 11 is 0. The van der Waals surface area contributed by atoms with E-state index in [1.807, 2.05) is 44.2 Å². The van der Waals surface area contributed by atoms with Gasteiger partial charge in [0.2, 0.25) is 0 Å². The Morgan fingerprint density at radius 1 is 1.19 bits per heavy atom. The second-order valence-electron chi connectivity index (χ2n) is 3.30. The Balaban J connectivity index is 2.40. The molecule has 0 spiro atoms. The first-order valence-corrected chi connectivity index (χ1v) is 5.47. The molecule has 0 aromatic heterocycles. The summed E-state index contributed by atoms with van der Waals surface area (Å²) < 4.78 is 5.42. The average molecular weight is 212 g/mol. The van der Waals surface area contributed by atoms with Crippen molar-refractivity contribution in [3.05, 3.63) is 35.9 Å². The van der Waals surface area contributed by atoms with Gasteiger partial charge >= 0.3 is 0 Å². The smallest absolute Gasteiger partial charge is 0.117 e. The lowest BCUT2D eigenvalue weighted by Crippen LogP contribution is -2.05. The maximum absolute atomic E-state index is 5.42. The lowest BCUT2D eigenvalue weighted by molar-refractivity contribution is 0.134. The summed E-state index contributed by atoms with van der Waals surface area (Å²) in [7, 11) is 0. The molecule has 0 amide bonds. The second kappa shape index (κ2) is 7.57. The minimum absolute atomic E-state index is 0.0774. The van der Waals surface area contributed by atoms with Crippen molar-refractivity contribution in [2.24, 2.45) is 0 Å². The zero-order chi connectivity index (χ0) is 11.6. The van der Waals surface area contributed by atoms with E-state index < -0.39 is 0 Å². The fourth-order valence-electron chi connectivity index (χ4n) is 1.09. The number of ether oxygens (including phenoxy) is 1. The predicted octanol–water partition coefficient (Wildman–Crippen LogP) is 2.86. The summed E-state index contributed by atoms with van der Waals surface area (Å²) in [5.41, 5.74) is 1.01. The van der Waals surface area contributed by atoms with Gasteiger partial charge in [0.1, 0.15) is 12.7 Å². The van der Waals surface area contributed by atoms with Crippen LogP contribution in [0, 0.1) is 23.7 Å². The maximum atomic E-state index is 5.42. The van der Waals surface area contributed by atoms with Crippen molar-refractivity contribution in [2.45, 2.75) is 26.4 Å². The average Bonchev–Trinajstić information content (AvgIpc) is 2.33. The molecule has 1 nitrogen and oxygen atoms in total. The van der Waals surface area contributed by atoms with E-state index in [1.54, 1.807) is 0 Å². The lowest BCUT2D eigenvalue weighted by Gasteiger charge is -2.01. The molecule has 0 saturated carbocycles. The summed E-state index contributed by atoms with van der Waals surface area (Å²) in [6.45, 7) is 4.41. The van der Waals surface area contributed by atoms with Crippen LogP contribution in [-0.4, -0.2) is 12.7 Å². The molecule has 0 heterocycles. The zero-order valence-corrected chi connectivity index (χ0v) is 9.79. The quantitative estimate of drug-likeness (QED) is 0.685. The molecule has 1 unspecified atom stereocenters. The number of hydrogen-bond donors (Lipinski definition) is 0. The minimum atomic E-state index is -0.0774. The Bertz CT molecular complexity index is 411. The summed E-state index contributed by atoms with van der Waals surface area (Å²) in [6, 6.07) is 9.89. The van der Waals surface area contributed by atoms with Crippen molar-refractivity contribution in [1.82, 2.24) is 0 Å². The number of hydrogen-bond acceptors (Lipinski definition) is 1. The fourth-order valence-corrected chi connectivity index (χ4v) is 1.09. The topological polar surface area (TPSA) is 9.23 Å². The van der Waals surface area contributed by atoms with Crippen molar-refractivity contribution < 1.29 is 4.74 Å². The van der Waals surface area contributed by atoms with Crippen LogP contribution >= 0.6 is 0 Å².